The lowest BCUT2D eigenvalue weighted by Gasteiger charge is -2.31. The van der Waals surface area contributed by atoms with Gasteiger partial charge in [-0.25, -0.2) is 0 Å². The molecule has 0 aromatic rings. The van der Waals surface area contributed by atoms with E-state index >= 15 is 0 Å². The maximum atomic E-state index is 3.97. The molecule has 104 valence electrons. The molecule has 0 aromatic carbocycles. The molecule has 18 heavy (non-hydrogen) atoms. The SMILES string of the molecule is CSC1CCCC(NC2CC(C)N(C3CC3)C2)C1. The minimum atomic E-state index is 0.770. The topological polar surface area (TPSA) is 15.3 Å². The summed E-state index contributed by atoms with van der Waals surface area (Å²) in [5.41, 5.74) is 0. The molecule has 2 nitrogen and oxygen atoms in total. The Labute approximate surface area is 116 Å². The van der Waals surface area contributed by atoms with Gasteiger partial charge in [-0.15, -0.1) is 0 Å². The molecule has 1 N–H and O–H groups in total. The Morgan fingerprint density at radius 1 is 1.06 bits per heavy atom. The van der Waals surface area contributed by atoms with Crippen LogP contribution in [0.15, 0.2) is 0 Å². The quantitative estimate of drug-likeness (QED) is 0.844. The van der Waals surface area contributed by atoms with E-state index in [0.29, 0.717) is 0 Å². The molecule has 0 amide bonds. The number of nitrogens with one attached hydrogen (secondary N) is 1. The molecule has 3 aliphatic rings. The van der Waals surface area contributed by atoms with E-state index in [1.807, 2.05) is 0 Å². The van der Waals surface area contributed by atoms with Gasteiger partial charge in [0.15, 0.2) is 0 Å². The summed E-state index contributed by atoms with van der Waals surface area (Å²) in [6.07, 6.45) is 12.2. The summed E-state index contributed by atoms with van der Waals surface area (Å²) in [4.78, 5) is 2.76. The molecule has 2 saturated carbocycles. The molecular formula is C15H28N2S. The van der Waals surface area contributed by atoms with Gasteiger partial charge in [-0.05, 0) is 51.7 Å². The molecule has 3 rings (SSSR count). The zero-order chi connectivity index (χ0) is 12.5. The van der Waals surface area contributed by atoms with Crippen molar-refractivity contribution in [3.05, 3.63) is 0 Å². The van der Waals surface area contributed by atoms with Gasteiger partial charge in [-0.1, -0.05) is 6.42 Å². The Morgan fingerprint density at radius 2 is 1.89 bits per heavy atom. The van der Waals surface area contributed by atoms with Gasteiger partial charge in [0.05, 0.1) is 0 Å². The van der Waals surface area contributed by atoms with Crippen LogP contribution in [0.5, 0.6) is 0 Å². The molecule has 1 saturated heterocycles. The van der Waals surface area contributed by atoms with Crippen LogP contribution in [0.4, 0.5) is 0 Å². The maximum Gasteiger partial charge on any atom is 0.0212 e. The second-order valence-electron chi connectivity index (χ2n) is 6.60. The highest BCUT2D eigenvalue weighted by Gasteiger charge is 2.39. The van der Waals surface area contributed by atoms with Gasteiger partial charge in [0.2, 0.25) is 0 Å². The Bertz CT molecular complexity index is 280. The first-order valence-electron chi connectivity index (χ1n) is 7.81. The van der Waals surface area contributed by atoms with E-state index in [2.05, 4.69) is 35.2 Å². The lowest BCUT2D eigenvalue weighted by atomic mass is 9.94. The fourth-order valence-corrected chi connectivity index (χ4v) is 4.76. The van der Waals surface area contributed by atoms with E-state index in [0.717, 1.165) is 29.4 Å². The minimum Gasteiger partial charge on any atom is -0.310 e. The predicted octanol–water partition coefficient (Wildman–Crippen LogP) is 2.88. The largest absolute Gasteiger partial charge is 0.310 e. The lowest BCUT2D eigenvalue weighted by molar-refractivity contribution is 0.252. The lowest BCUT2D eigenvalue weighted by Crippen LogP contribution is -2.43. The fraction of sp³-hybridized carbons (Fsp3) is 1.00. The van der Waals surface area contributed by atoms with Crippen LogP contribution in [0, 0.1) is 0 Å². The third-order valence-electron chi connectivity index (χ3n) is 5.07. The summed E-state index contributed by atoms with van der Waals surface area (Å²) in [6, 6.07) is 3.32. The Balaban J connectivity index is 1.48. The van der Waals surface area contributed by atoms with Crippen LogP contribution < -0.4 is 5.32 Å². The van der Waals surface area contributed by atoms with Gasteiger partial charge < -0.3 is 5.32 Å². The van der Waals surface area contributed by atoms with E-state index in [1.54, 1.807) is 0 Å². The highest BCUT2D eigenvalue weighted by Crippen LogP contribution is 2.34. The molecule has 4 unspecified atom stereocenters. The van der Waals surface area contributed by atoms with E-state index in [1.165, 1.54) is 51.5 Å². The maximum absolute atomic E-state index is 3.97. The van der Waals surface area contributed by atoms with Gasteiger partial charge in [0.25, 0.3) is 0 Å². The van der Waals surface area contributed by atoms with Crippen LogP contribution in [0.3, 0.4) is 0 Å². The highest BCUT2D eigenvalue weighted by molar-refractivity contribution is 7.99. The smallest absolute Gasteiger partial charge is 0.0212 e. The predicted molar refractivity (Wildman–Crippen MR) is 80.3 cm³/mol. The first-order valence-corrected chi connectivity index (χ1v) is 9.09. The number of likely N-dealkylation sites (tertiary alicyclic amines) is 1. The molecule has 3 heteroatoms. The third kappa shape index (κ3) is 3.05. The Morgan fingerprint density at radius 3 is 2.61 bits per heavy atom. The molecule has 0 bridgehead atoms. The van der Waals surface area contributed by atoms with Crippen LogP contribution in [0.2, 0.25) is 0 Å². The van der Waals surface area contributed by atoms with Crippen LogP contribution in [-0.2, 0) is 0 Å². The van der Waals surface area contributed by atoms with Crippen molar-refractivity contribution in [2.75, 3.05) is 12.8 Å². The van der Waals surface area contributed by atoms with E-state index in [4.69, 9.17) is 0 Å². The average Bonchev–Trinajstić information content (AvgIpc) is 3.15. The molecule has 2 aliphatic carbocycles. The Hall–Kier alpha value is 0.270. The van der Waals surface area contributed by atoms with Crippen molar-refractivity contribution in [3.8, 4) is 0 Å². The zero-order valence-electron chi connectivity index (χ0n) is 11.9. The zero-order valence-corrected chi connectivity index (χ0v) is 12.7. The van der Waals surface area contributed by atoms with Crippen molar-refractivity contribution < 1.29 is 0 Å². The van der Waals surface area contributed by atoms with Crippen molar-refractivity contribution in [2.45, 2.75) is 81.3 Å². The summed E-state index contributed by atoms with van der Waals surface area (Å²) in [5.74, 6) is 0. The third-order valence-corrected chi connectivity index (χ3v) is 6.16. The molecule has 0 spiro atoms. The molecule has 1 heterocycles. The number of rotatable bonds is 4. The van der Waals surface area contributed by atoms with E-state index in [-0.39, 0.29) is 0 Å². The van der Waals surface area contributed by atoms with E-state index < -0.39 is 0 Å². The highest BCUT2D eigenvalue weighted by atomic mass is 32.2. The second-order valence-corrected chi connectivity index (χ2v) is 7.74. The van der Waals surface area contributed by atoms with Gasteiger partial charge in [-0.3, -0.25) is 4.90 Å². The Kier molecular flexibility index (Phi) is 4.21. The van der Waals surface area contributed by atoms with Crippen LogP contribution >= 0.6 is 11.8 Å². The summed E-state index contributed by atoms with van der Waals surface area (Å²) >= 11 is 2.07. The molecule has 1 aliphatic heterocycles. The monoisotopic (exact) mass is 268 g/mol. The van der Waals surface area contributed by atoms with E-state index in [9.17, 15) is 0 Å². The molecule has 4 atom stereocenters. The van der Waals surface area contributed by atoms with Crippen molar-refractivity contribution in [1.29, 1.82) is 0 Å². The number of hydrogen-bond acceptors (Lipinski definition) is 3. The molecular weight excluding hydrogens is 240 g/mol. The van der Waals surface area contributed by atoms with Crippen LogP contribution in [-0.4, -0.2) is 47.1 Å². The standard InChI is InChI=1S/C15H28N2S/c1-11-8-13(10-17(11)14-6-7-14)16-12-4-3-5-15(9-12)18-2/h11-16H,3-10H2,1-2H3. The normalized spacial score (nSPS) is 42.3. The second kappa shape index (κ2) is 5.72. The fourth-order valence-electron chi connectivity index (χ4n) is 3.94. The number of hydrogen-bond donors (Lipinski definition) is 1. The minimum absolute atomic E-state index is 0.770. The molecule has 0 aromatic heterocycles. The van der Waals surface area contributed by atoms with Crippen molar-refractivity contribution in [2.24, 2.45) is 0 Å². The summed E-state index contributed by atoms with van der Waals surface area (Å²) in [7, 11) is 0. The van der Waals surface area contributed by atoms with Gasteiger partial charge in [0.1, 0.15) is 0 Å². The average molecular weight is 268 g/mol. The van der Waals surface area contributed by atoms with Crippen molar-refractivity contribution in [3.63, 3.8) is 0 Å². The molecule has 3 fully saturated rings. The van der Waals surface area contributed by atoms with Crippen LogP contribution in [0.25, 0.3) is 0 Å². The first kappa shape index (κ1) is 13.3. The van der Waals surface area contributed by atoms with Crippen molar-refractivity contribution in [1.82, 2.24) is 10.2 Å². The van der Waals surface area contributed by atoms with Crippen molar-refractivity contribution >= 4 is 11.8 Å². The van der Waals surface area contributed by atoms with Gasteiger partial charge in [-0.2, -0.15) is 11.8 Å². The number of nitrogens with zero attached hydrogens (tertiary/aromatic N) is 1. The molecule has 0 radical (unpaired) electrons. The summed E-state index contributed by atoms with van der Waals surface area (Å²) in [6.45, 7) is 3.73. The summed E-state index contributed by atoms with van der Waals surface area (Å²) < 4.78 is 0. The number of thioether (sulfide) groups is 1. The van der Waals surface area contributed by atoms with Gasteiger partial charge >= 0.3 is 0 Å². The summed E-state index contributed by atoms with van der Waals surface area (Å²) in [5, 5.41) is 4.88. The van der Waals surface area contributed by atoms with Gasteiger partial charge in [0, 0.05) is 36.0 Å². The first-order chi connectivity index (χ1) is 8.76. The van der Waals surface area contributed by atoms with Crippen LogP contribution in [0.1, 0.15) is 51.9 Å².